The van der Waals surface area contributed by atoms with Gasteiger partial charge in [-0.3, -0.25) is 10.1 Å². The van der Waals surface area contributed by atoms with Crippen LogP contribution in [0.5, 0.6) is 5.75 Å². The minimum Gasteiger partial charge on any atom is -0.491 e. The predicted molar refractivity (Wildman–Crippen MR) is 105 cm³/mol. The van der Waals surface area contributed by atoms with Gasteiger partial charge in [0.2, 0.25) is 5.91 Å². The molecule has 2 aromatic rings. The molecule has 0 aliphatic rings. The Morgan fingerprint density at radius 1 is 1.04 bits per heavy atom. The van der Waals surface area contributed by atoms with Gasteiger partial charge in [-0.15, -0.1) is 0 Å². The van der Waals surface area contributed by atoms with Gasteiger partial charge < -0.3 is 14.8 Å². The van der Waals surface area contributed by atoms with Crippen LogP contribution in [-0.2, 0) is 14.3 Å². The number of halogens is 2. The number of hydrogen-bond donors (Lipinski definition) is 2. The minimum atomic E-state index is -1.23. The molecule has 0 fully saturated rings. The second-order valence-corrected chi connectivity index (χ2v) is 6.74. The molecule has 0 saturated heterocycles. The first-order chi connectivity index (χ1) is 12.9. The lowest BCUT2D eigenvalue weighted by atomic mass is 10.0. The lowest BCUT2D eigenvalue weighted by molar-refractivity contribution is -0.149. The summed E-state index contributed by atoms with van der Waals surface area (Å²) in [6.07, 6.45) is 0. The lowest BCUT2D eigenvalue weighted by Crippen LogP contribution is -2.56. The van der Waals surface area contributed by atoms with Gasteiger partial charge in [0.1, 0.15) is 17.9 Å². The van der Waals surface area contributed by atoms with Crippen LogP contribution in [0, 0.1) is 0 Å². The molecule has 0 aromatic heterocycles. The summed E-state index contributed by atoms with van der Waals surface area (Å²) in [7, 11) is 1.27. The normalized spacial score (nSPS) is 12.7. The number of nitrogens with one attached hydrogen (secondary N) is 2. The highest BCUT2D eigenvalue weighted by molar-refractivity contribution is 6.39. The van der Waals surface area contributed by atoms with Crippen molar-refractivity contribution in [2.45, 2.75) is 12.5 Å². The Morgan fingerprint density at radius 2 is 1.67 bits per heavy atom. The van der Waals surface area contributed by atoms with Gasteiger partial charge in [0.25, 0.3) is 0 Å². The molecule has 0 radical (unpaired) electrons. The predicted octanol–water partition coefficient (Wildman–Crippen LogP) is 3.53. The minimum absolute atomic E-state index is 0.0240. The van der Waals surface area contributed by atoms with Crippen molar-refractivity contribution in [3.63, 3.8) is 0 Å². The van der Waals surface area contributed by atoms with Crippen molar-refractivity contribution < 1.29 is 19.1 Å². The van der Waals surface area contributed by atoms with Crippen molar-refractivity contribution in [1.29, 1.82) is 0 Å². The van der Waals surface area contributed by atoms with Gasteiger partial charge in [-0.05, 0) is 31.2 Å². The molecular weight excluding hydrogens is 391 g/mol. The molecule has 144 valence electrons. The highest BCUT2D eigenvalue weighted by Gasteiger charge is 2.35. The van der Waals surface area contributed by atoms with Crippen molar-refractivity contribution in [2.75, 3.05) is 25.6 Å². The Kier molecular flexibility index (Phi) is 7.47. The summed E-state index contributed by atoms with van der Waals surface area (Å²) in [6, 6.07) is 13.9. The van der Waals surface area contributed by atoms with Crippen LogP contribution in [-0.4, -0.2) is 37.7 Å². The van der Waals surface area contributed by atoms with E-state index in [0.29, 0.717) is 21.5 Å². The molecule has 2 rings (SSSR count). The van der Waals surface area contributed by atoms with Crippen LogP contribution in [0.2, 0.25) is 10.0 Å². The van der Waals surface area contributed by atoms with E-state index >= 15 is 0 Å². The van der Waals surface area contributed by atoms with Crippen LogP contribution >= 0.6 is 23.2 Å². The van der Waals surface area contributed by atoms with E-state index in [-0.39, 0.29) is 13.2 Å². The van der Waals surface area contributed by atoms with Gasteiger partial charge in [-0.25, -0.2) is 4.79 Å². The van der Waals surface area contributed by atoms with Crippen molar-refractivity contribution in [2.24, 2.45) is 0 Å². The van der Waals surface area contributed by atoms with Gasteiger partial charge >= 0.3 is 5.97 Å². The molecule has 0 aliphatic heterocycles. The quantitative estimate of drug-likeness (QED) is 0.650. The number of methoxy groups -OCH3 is 1. The Labute approximate surface area is 167 Å². The van der Waals surface area contributed by atoms with Crippen molar-refractivity contribution in [3.8, 4) is 5.75 Å². The fourth-order valence-corrected chi connectivity index (χ4v) is 2.72. The van der Waals surface area contributed by atoms with Crippen molar-refractivity contribution in [1.82, 2.24) is 5.32 Å². The van der Waals surface area contributed by atoms with Crippen molar-refractivity contribution >= 4 is 40.8 Å². The number of carbonyl (C=O) groups is 2. The van der Waals surface area contributed by atoms with Crippen LogP contribution in [0.25, 0.3) is 0 Å². The third-order valence-corrected chi connectivity index (χ3v) is 4.40. The number of ether oxygens (including phenoxy) is 2. The molecule has 0 heterocycles. The van der Waals surface area contributed by atoms with Gasteiger partial charge in [0.15, 0.2) is 0 Å². The molecule has 0 aliphatic carbocycles. The highest BCUT2D eigenvalue weighted by atomic mass is 35.5. The summed E-state index contributed by atoms with van der Waals surface area (Å²) in [4.78, 5) is 24.5. The van der Waals surface area contributed by atoms with E-state index in [1.807, 2.05) is 18.2 Å². The smallest absolute Gasteiger partial charge is 0.329 e. The molecule has 8 heteroatoms. The van der Waals surface area contributed by atoms with Gasteiger partial charge in [-0.2, -0.15) is 0 Å². The second kappa shape index (κ2) is 9.60. The number of rotatable bonds is 8. The lowest BCUT2D eigenvalue weighted by Gasteiger charge is -2.27. The molecule has 1 amide bonds. The average molecular weight is 411 g/mol. The number of hydrogen-bond acceptors (Lipinski definition) is 5. The standard InChI is InChI=1S/C19H20Cl2N2O4/c1-19(18(25)26-2,12-27-13-7-4-3-5-8-13)22-11-16(24)23-17-14(20)9-6-10-15(17)21/h3-10,22H,11-12H2,1-2H3,(H,23,24). The second-order valence-electron chi connectivity index (χ2n) is 5.92. The summed E-state index contributed by atoms with van der Waals surface area (Å²) < 4.78 is 10.5. The highest BCUT2D eigenvalue weighted by Crippen LogP contribution is 2.29. The molecule has 0 saturated carbocycles. The first-order valence-electron chi connectivity index (χ1n) is 8.11. The fraction of sp³-hybridized carbons (Fsp3) is 0.263. The first kappa shape index (κ1) is 21.0. The van der Waals surface area contributed by atoms with E-state index in [1.54, 1.807) is 37.3 Å². The molecule has 2 N–H and O–H groups in total. The topological polar surface area (TPSA) is 76.7 Å². The van der Waals surface area contributed by atoms with E-state index < -0.39 is 17.4 Å². The van der Waals surface area contributed by atoms with Gasteiger partial charge in [-0.1, -0.05) is 47.5 Å². The van der Waals surface area contributed by atoms with E-state index in [1.165, 1.54) is 7.11 Å². The summed E-state index contributed by atoms with van der Waals surface area (Å²) in [6.45, 7) is 1.40. The van der Waals surface area contributed by atoms with Crippen LogP contribution in [0.4, 0.5) is 5.69 Å². The average Bonchev–Trinajstić information content (AvgIpc) is 2.68. The Hall–Kier alpha value is -2.28. The van der Waals surface area contributed by atoms with Crippen LogP contribution in [0.1, 0.15) is 6.92 Å². The number of carbonyl (C=O) groups excluding carboxylic acids is 2. The van der Waals surface area contributed by atoms with Crippen LogP contribution < -0.4 is 15.4 Å². The molecule has 1 unspecified atom stereocenters. The largest absolute Gasteiger partial charge is 0.491 e. The maximum absolute atomic E-state index is 12.3. The molecule has 27 heavy (non-hydrogen) atoms. The number of amides is 1. The first-order valence-corrected chi connectivity index (χ1v) is 8.86. The number of anilines is 1. The Morgan fingerprint density at radius 3 is 2.26 bits per heavy atom. The maximum atomic E-state index is 12.3. The van der Waals surface area contributed by atoms with E-state index in [2.05, 4.69) is 10.6 Å². The Balaban J connectivity index is 2.00. The zero-order valence-electron chi connectivity index (χ0n) is 14.9. The molecule has 6 nitrogen and oxygen atoms in total. The van der Waals surface area contributed by atoms with Crippen molar-refractivity contribution in [3.05, 3.63) is 58.6 Å². The SMILES string of the molecule is COC(=O)C(C)(COc1ccccc1)NCC(=O)Nc1c(Cl)cccc1Cl. The molecule has 0 spiro atoms. The molecular formula is C19H20Cl2N2O4. The monoisotopic (exact) mass is 410 g/mol. The van der Waals surface area contributed by atoms with E-state index in [0.717, 1.165) is 0 Å². The van der Waals surface area contributed by atoms with Gasteiger partial charge in [0.05, 0.1) is 29.4 Å². The fourth-order valence-electron chi connectivity index (χ4n) is 2.23. The summed E-state index contributed by atoms with van der Waals surface area (Å²) in [5.74, 6) is -0.372. The van der Waals surface area contributed by atoms with Gasteiger partial charge in [0, 0.05) is 0 Å². The zero-order valence-corrected chi connectivity index (χ0v) is 16.4. The maximum Gasteiger partial charge on any atom is 0.329 e. The number of esters is 1. The van der Waals surface area contributed by atoms with E-state index in [9.17, 15) is 9.59 Å². The third-order valence-electron chi connectivity index (χ3n) is 3.77. The third kappa shape index (κ3) is 5.85. The van der Waals surface area contributed by atoms with Crippen LogP contribution in [0.3, 0.4) is 0 Å². The van der Waals surface area contributed by atoms with E-state index in [4.69, 9.17) is 32.7 Å². The number of para-hydroxylation sites is 2. The molecule has 0 bridgehead atoms. The Bertz CT molecular complexity index is 781. The summed E-state index contributed by atoms with van der Waals surface area (Å²) in [5.41, 5.74) is -0.917. The van der Waals surface area contributed by atoms with Crippen LogP contribution in [0.15, 0.2) is 48.5 Å². The molecule has 2 aromatic carbocycles. The zero-order chi connectivity index (χ0) is 19.9. The number of benzene rings is 2. The summed E-state index contributed by atoms with van der Waals surface area (Å²) in [5, 5.41) is 6.14. The summed E-state index contributed by atoms with van der Waals surface area (Å²) >= 11 is 12.1. The molecule has 1 atom stereocenters.